The van der Waals surface area contributed by atoms with Gasteiger partial charge in [-0.3, -0.25) is 9.89 Å². The van der Waals surface area contributed by atoms with E-state index in [1.165, 1.54) is 6.20 Å². The number of rotatable bonds is 1. The van der Waals surface area contributed by atoms with E-state index in [0.717, 1.165) is 0 Å². The van der Waals surface area contributed by atoms with Gasteiger partial charge in [0.2, 0.25) is 0 Å². The quantitative estimate of drug-likeness (QED) is 0.590. The minimum absolute atomic E-state index is 0. The van der Waals surface area contributed by atoms with E-state index in [1.807, 2.05) is 0 Å². The van der Waals surface area contributed by atoms with E-state index in [1.54, 1.807) is 0 Å². The zero-order valence-electron chi connectivity index (χ0n) is 5.40. The summed E-state index contributed by atoms with van der Waals surface area (Å²) in [4.78, 5) is 10.4. The maximum Gasteiger partial charge on any atom is 0.268 e. The molecule has 1 aromatic rings. The van der Waals surface area contributed by atoms with Crippen LogP contribution in [0.25, 0.3) is 0 Å². The molecule has 1 heterocycles. The zero-order chi connectivity index (χ0) is 6.85. The molecule has 0 unspecified atom stereocenters. The van der Waals surface area contributed by atoms with Crippen LogP contribution >= 0.6 is 24.8 Å². The van der Waals surface area contributed by atoms with E-state index in [0.29, 0.717) is 0 Å². The summed E-state index contributed by atoms with van der Waals surface area (Å²) in [6.45, 7) is 0. The fourth-order valence-electron chi connectivity index (χ4n) is 0.493. The zero-order valence-corrected chi connectivity index (χ0v) is 7.04. The number of primary amides is 1. The fraction of sp³-hybridized carbons (Fsp3) is 0. The maximum absolute atomic E-state index is 10.4. The lowest BCUT2D eigenvalue weighted by atomic mass is 10.4. The summed E-state index contributed by atoms with van der Waals surface area (Å²) in [5, 5.41) is 5.85. The van der Waals surface area contributed by atoms with Gasteiger partial charge in [-0.1, -0.05) is 0 Å². The highest BCUT2D eigenvalue weighted by molar-refractivity contribution is 5.95. The Hall–Kier alpha value is -0.940. The Labute approximate surface area is 75.3 Å². The van der Waals surface area contributed by atoms with Gasteiger partial charge in [-0.15, -0.1) is 24.8 Å². The average Bonchev–Trinajstić information content (AvgIpc) is 2.13. The summed E-state index contributed by atoms with van der Waals surface area (Å²) in [6, 6.07) is 0. The standard InChI is InChI=1S/C4H6N4O.2ClH/c5-2-1-7-8-3(2)4(6)9;;/h1H,5H2,(H2,6,9)(H,7,8);2*1H. The molecule has 1 aromatic heterocycles. The van der Waals surface area contributed by atoms with Crippen molar-refractivity contribution in [2.75, 3.05) is 5.73 Å². The molecule has 1 rings (SSSR count). The largest absolute Gasteiger partial charge is 0.396 e. The number of nitrogens with two attached hydrogens (primary N) is 2. The number of hydrogen-bond donors (Lipinski definition) is 3. The predicted octanol–water partition coefficient (Wildman–Crippen LogP) is -0.0656. The van der Waals surface area contributed by atoms with Gasteiger partial charge >= 0.3 is 0 Å². The summed E-state index contributed by atoms with van der Waals surface area (Å²) in [5.74, 6) is -0.593. The Balaban J connectivity index is 0. The number of aromatic nitrogens is 2. The summed E-state index contributed by atoms with van der Waals surface area (Å²) in [6.07, 6.45) is 1.33. The number of nitrogens with zero attached hydrogens (tertiary/aromatic N) is 1. The molecule has 0 fully saturated rings. The van der Waals surface area contributed by atoms with Gasteiger partial charge in [-0.2, -0.15) is 5.10 Å². The highest BCUT2D eigenvalue weighted by Gasteiger charge is 2.04. The average molecular weight is 199 g/mol. The maximum atomic E-state index is 10.4. The van der Waals surface area contributed by atoms with Crippen molar-refractivity contribution in [3.05, 3.63) is 11.9 Å². The van der Waals surface area contributed by atoms with Gasteiger partial charge in [0.1, 0.15) is 5.69 Å². The van der Waals surface area contributed by atoms with E-state index in [4.69, 9.17) is 11.5 Å². The Bertz CT molecular complexity index is 236. The third kappa shape index (κ3) is 2.65. The van der Waals surface area contributed by atoms with Crippen molar-refractivity contribution in [3.63, 3.8) is 0 Å². The molecule has 0 saturated carbocycles. The van der Waals surface area contributed by atoms with E-state index in [9.17, 15) is 4.79 Å². The second-order valence-corrected chi connectivity index (χ2v) is 1.56. The Morgan fingerprint density at radius 1 is 1.55 bits per heavy atom. The van der Waals surface area contributed by atoms with E-state index < -0.39 is 5.91 Å². The topological polar surface area (TPSA) is 97.8 Å². The molecular formula is C4H8Cl2N4O. The van der Waals surface area contributed by atoms with Crippen LogP contribution in [0.5, 0.6) is 0 Å². The smallest absolute Gasteiger partial charge is 0.268 e. The van der Waals surface area contributed by atoms with Crippen molar-refractivity contribution in [1.82, 2.24) is 10.2 Å². The second-order valence-electron chi connectivity index (χ2n) is 1.56. The monoisotopic (exact) mass is 198 g/mol. The van der Waals surface area contributed by atoms with Crippen LogP contribution in [0.1, 0.15) is 10.5 Å². The predicted molar refractivity (Wildman–Crippen MR) is 46.0 cm³/mol. The minimum Gasteiger partial charge on any atom is -0.396 e. The van der Waals surface area contributed by atoms with Gasteiger partial charge in [0.25, 0.3) is 5.91 Å². The van der Waals surface area contributed by atoms with Crippen LogP contribution in [0.15, 0.2) is 6.20 Å². The molecule has 0 bridgehead atoms. The van der Waals surface area contributed by atoms with Crippen LogP contribution in [-0.4, -0.2) is 16.1 Å². The number of hydrogen-bond acceptors (Lipinski definition) is 3. The van der Waals surface area contributed by atoms with Crippen LogP contribution in [0.3, 0.4) is 0 Å². The van der Waals surface area contributed by atoms with Gasteiger partial charge in [0.05, 0.1) is 11.9 Å². The van der Waals surface area contributed by atoms with Crippen LogP contribution < -0.4 is 11.5 Å². The van der Waals surface area contributed by atoms with Gasteiger partial charge in [-0.25, -0.2) is 0 Å². The Morgan fingerprint density at radius 3 is 2.27 bits per heavy atom. The Kier molecular flexibility index (Phi) is 5.56. The molecule has 0 radical (unpaired) electrons. The molecule has 0 aliphatic rings. The molecular weight excluding hydrogens is 191 g/mol. The van der Waals surface area contributed by atoms with Crippen molar-refractivity contribution in [2.45, 2.75) is 0 Å². The first-order valence-electron chi connectivity index (χ1n) is 2.30. The molecule has 0 saturated heterocycles. The third-order valence-electron chi connectivity index (χ3n) is 0.915. The fourth-order valence-corrected chi connectivity index (χ4v) is 0.493. The molecule has 1 amide bonds. The van der Waals surface area contributed by atoms with Gasteiger partial charge in [0.15, 0.2) is 0 Å². The van der Waals surface area contributed by atoms with Crippen molar-refractivity contribution in [1.29, 1.82) is 0 Å². The lowest BCUT2D eigenvalue weighted by Crippen LogP contribution is -2.13. The van der Waals surface area contributed by atoms with Gasteiger partial charge in [0, 0.05) is 0 Å². The number of nitrogen functional groups attached to an aromatic ring is 1. The lowest BCUT2D eigenvalue weighted by Gasteiger charge is -1.87. The van der Waals surface area contributed by atoms with E-state index in [2.05, 4.69) is 10.2 Å². The molecule has 0 spiro atoms. The molecule has 0 atom stereocenters. The lowest BCUT2D eigenvalue weighted by molar-refractivity contribution is 0.0996. The summed E-state index contributed by atoms with van der Waals surface area (Å²) in [5.41, 5.74) is 10.6. The molecule has 7 heteroatoms. The van der Waals surface area contributed by atoms with E-state index in [-0.39, 0.29) is 36.2 Å². The molecule has 5 nitrogen and oxygen atoms in total. The summed E-state index contributed by atoms with van der Waals surface area (Å²) < 4.78 is 0. The molecule has 0 aliphatic carbocycles. The number of nitrogens with one attached hydrogen (secondary N) is 1. The number of amides is 1. The first-order valence-corrected chi connectivity index (χ1v) is 2.30. The van der Waals surface area contributed by atoms with Gasteiger partial charge < -0.3 is 11.5 Å². The van der Waals surface area contributed by atoms with Crippen molar-refractivity contribution in [2.24, 2.45) is 5.73 Å². The van der Waals surface area contributed by atoms with Crippen molar-refractivity contribution < 1.29 is 4.79 Å². The number of anilines is 1. The summed E-state index contributed by atoms with van der Waals surface area (Å²) >= 11 is 0. The van der Waals surface area contributed by atoms with Crippen molar-refractivity contribution in [3.8, 4) is 0 Å². The Morgan fingerprint density at radius 2 is 2.09 bits per heavy atom. The normalized spacial score (nSPS) is 7.64. The second kappa shape index (κ2) is 4.81. The number of carbonyl (C=O) groups is 1. The molecule has 64 valence electrons. The SMILES string of the molecule is Cl.Cl.NC(=O)c1[nH]ncc1N. The molecule has 11 heavy (non-hydrogen) atoms. The minimum atomic E-state index is -0.593. The highest BCUT2D eigenvalue weighted by atomic mass is 35.5. The highest BCUT2D eigenvalue weighted by Crippen LogP contribution is 2.02. The van der Waals surface area contributed by atoms with Crippen LogP contribution in [0, 0.1) is 0 Å². The first kappa shape index (κ1) is 12.7. The molecule has 0 aliphatic heterocycles. The molecule has 0 aromatic carbocycles. The molecule has 5 N–H and O–H groups in total. The number of H-pyrrole nitrogens is 1. The number of carbonyl (C=O) groups excluding carboxylic acids is 1. The van der Waals surface area contributed by atoms with Gasteiger partial charge in [-0.05, 0) is 0 Å². The number of halogens is 2. The van der Waals surface area contributed by atoms with Crippen LogP contribution in [0.2, 0.25) is 0 Å². The van der Waals surface area contributed by atoms with Crippen LogP contribution in [0.4, 0.5) is 5.69 Å². The summed E-state index contributed by atoms with van der Waals surface area (Å²) in [7, 11) is 0. The van der Waals surface area contributed by atoms with Crippen LogP contribution in [-0.2, 0) is 0 Å². The first-order chi connectivity index (χ1) is 4.22. The number of aromatic amines is 1. The van der Waals surface area contributed by atoms with E-state index >= 15 is 0 Å². The van der Waals surface area contributed by atoms with Crippen molar-refractivity contribution >= 4 is 36.4 Å². The third-order valence-corrected chi connectivity index (χ3v) is 0.915.